The van der Waals surface area contributed by atoms with E-state index in [0.717, 1.165) is 70.9 Å². The van der Waals surface area contributed by atoms with Gasteiger partial charge in [-0.25, -0.2) is 13.2 Å². The van der Waals surface area contributed by atoms with Gasteiger partial charge in [0, 0.05) is 56.2 Å². The molecule has 0 aromatic heterocycles. The molecule has 0 aliphatic carbocycles. The van der Waals surface area contributed by atoms with Crippen LogP contribution in [-0.2, 0) is 16.3 Å². The summed E-state index contributed by atoms with van der Waals surface area (Å²) < 4.78 is 23.3. The molecule has 2 aliphatic heterocycles. The Hall–Kier alpha value is -2.13. The van der Waals surface area contributed by atoms with Crippen LogP contribution in [-0.4, -0.2) is 87.8 Å². The van der Waals surface area contributed by atoms with E-state index in [1.54, 1.807) is 24.3 Å². The fourth-order valence-corrected chi connectivity index (χ4v) is 6.00. The van der Waals surface area contributed by atoms with Gasteiger partial charge >= 0.3 is 6.03 Å². The van der Waals surface area contributed by atoms with Gasteiger partial charge in [-0.1, -0.05) is 29.8 Å². The highest BCUT2D eigenvalue weighted by atomic mass is 35.5. The highest BCUT2D eigenvalue weighted by molar-refractivity contribution is 7.90. The number of carbonyl (C=O) groups is 1. The molecular formula is C27H37ClN4O3S. The number of rotatable bonds is 8. The number of likely N-dealkylation sites (tertiary alicyclic amines) is 1. The van der Waals surface area contributed by atoms with Gasteiger partial charge < -0.3 is 15.1 Å². The summed E-state index contributed by atoms with van der Waals surface area (Å²) in [6, 6.07) is 14.5. The van der Waals surface area contributed by atoms with Crippen LogP contribution < -0.4 is 5.32 Å². The smallest absolute Gasteiger partial charge is 0.321 e. The minimum absolute atomic E-state index is 0.0632. The van der Waals surface area contributed by atoms with E-state index in [1.807, 2.05) is 29.2 Å². The molecular weight excluding hydrogens is 496 g/mol. The predicted octanol–water partition coefficient (Wildman–Crippen LogP) is 4.24. The zero-order chi connectivity index (χ0) is 25.5. The van der Waals surface area contributed by atoms with E-state index in [0.29, 0.717) is 15.8 Å². The van der Waals surface area contributed by atoms with Crippen LogP contribution in [0.25, 0.3) is 0 Å². The molecule has 36 heavy (non-hydrogen) atoms. The van der Waals surface area contributed by atoms with E-state index in [1.165, 1.54) is 24.7 Å². The lowest BCUT2D eigenvalue weighted by molar-refractivity contribution is 0.101. The van der Waals surface area contributed by atoms with Crippen LogP contribution in [0.1, 0.15) is 24.8 Å². The number of piperazine rings is 1. The fraction of sp³-hybridized carbons (Fsp3) is 0.519. The molecule has 2 saturated heterocycles. The van der Waals surface area contributed by atoms with Crippen LogP contribution in [0.5, 0.6) is 0 Å². The zero-order valence-corrected chi connectivity index (χ0v) is 22.6. The number of nitrogens with zero attached hydrogens (tertiary/aromatic N) is 3. The largest absolute Gasteiger partial charge is 0.322 e. The van der Waals surface area contributed by atoms with Gasteiger partial charge in [0.1, 0.15) is 0 Å². The lowest BCUT2D eigenvalue weighted by Gasteiger charge is -2.39. The van der Waals surface area contributed by atoms with E-state index < -0.39 is 9.84 Å². The van der Waals surface area contributed by atoms with Crippen molar-refractivity contribution < 1.29 is 13.2 Å². The Balaban J connectivity index is 1.15. The van der Waals surface area contributed by atoms with Crippen LogP contribution >= 0.6 is 11.6 Å². The quantitative estimate of drug-likeness (QED) is 0.550. The molecule has 2 amide bonds. The third-order valence-electron chi connectivity index (χ3n) is 7.15. The van der Waals surface area contributed by atoms with E-state index >= 15 is 0 Å². The van der Waals surface area contributed by atoms with Crippen molar-refractivity contribution >= 4 is 33.2 Å². The molecule has 0 saturated carbocycles. The first-order valence-electron chi connectivity index (χ1n) is 12.8. The molecule has 9 heteroatoms. The van der Waals surface area contributed by atoms with Crippen molar-refractivity contribution in [1.82, 2.24) is 14.7 Å². The van der Waals surface area contributed by atoms with E-state index in [2.05, 4.69) is 15.1 Å². The van der Waals surface area contributed by atoms with Gasteiger partial charge in [-0.3, -0.25) is 4.90 Å². The topological polar surface area (TPSA) is 73.0 Å². The van der Waals surface area contributed by atoms with Crippen LogP contribution in [0.4, 0.5) is 10.5 Å². The molecule has 2 fully saturated rings. The first-order valence-corrected chi connectivity index (χ1v) is 15.1. The van der Waals surface area contributed by atoms with Crippen molar-refractivity contribution in [3.05, 3.63) is 59.1 Å². The fourth-order valence-electron chi connectivity index (χ4n) is 5.18. The number of amides is 2. The van der Waals surface area contributed by atoms with Gasteiger partial charge in [-0.2, -0.15) is 0 Å². The van der Waals surface area contributed by atoms with Crippen molar-refractivity contribution in [3.8, 4) is 0 Å². The first-order chi connectivity index (χ1) is 17.3. The second-order valence-corrected chi connectivity index (χ2v) is 12.5. The van der Waals surface area contributed by atoms with E-state index in [-0.39, 0.29) is 6.03 Å². The van der Waals surface area contributed by atoms with Gasteiger partial charge in [0.15, 0.2) is 9.84 Å². The number of anilines is 1. The number of halogens is 1. The van der Waals surface area contributed by atoms with Crippen LogP contribution in [0.15, 0.2) is 53.4 Å². The second kappa shape index (κ2) is 12.4. The Labute approximate surface area is 220 Å². The van der Waals surface area contributed by atoms with Crippen molar-refractivity contribution in [2.75, 3.05) is 63.9 Å². The normalized spacial score (nSPS) is 19.8. The molecule has 7 nitrogen and oxygen atoms in total. The average molecular weight is 533 g/mol. The molecule has 2 aliphatic rings. The number of hydrogen-bond donors (Lipinski definition) is 1. The standard InChI is InChI=1S/C27H37ClN4O3S/c1-36(34,35)26-11-9-22(10-12-26)5-3-13-30-14-4-6-23(20-30)21-31-15-17-32(18-16-31)27(33)29-25-8-2-7-24(28)19-25/h2,7-12,19,23H,3-6,13-18,20-21H2,1H3,(H,29,33)/t23-/m1/s1. The summed E-state index contributed by atoms with van der Waals surface area (Å²) in [7, 11) is -3.14. The summed E-state index contributed by atoms with van der Waals surface area (Å²) >= 11 is 6.02. The maximum atomic E-state index is 12.6. The predicted molar refractivity (Wildman–Crippen MR) is 146 cm³/mol. The molecule has 4 rings (SSSR count). The molecule has 0 unspecified atom stereocenters. The van der Waals surface area contributed by atoms with Crippen molar-refractivity contribution in [2.45, 2.75) is 30.6 Å². The van der Waals surface area contributed by atoms with Crippen LogP contribution in [0.3, 0.4) is 0 Å². The van der Waals surface area contributed by atoms with E-state index in [9.17, 15) is 13.2 Å². The molecule has 0 bridgehead atoms. The molecule has 196 valence electrons. The molecule has 2 heterocycles. The molecule has 0 radical (unpaired) electrons. The number of sulfone groups is 1. The Morgan fingerprint density at radius 1 is 1.03 bits per heavy atom. The highest BCUT2D eigenvalue weighted by Crippen LogP contribution is 2.20. The number of hydrogen-bond acceptors (Lipinski definition) is 5. The minimum Gasteiger partial charge on any atom is -0.322 e. The van der Waals surface area contributed by atoms with Crippen LogP contribution in [0, 0.1) is 5.92 Å². The summed E-state index contributed by atoms with van der Waals surface area (Å²) in [5, 5.41) is 3.56. The van der Waals surface area contributed by atoms with Crippen molar-refractivity contribution in [2.24, 2.45) is 5.92 Å². The highest BCUT2D eigenvalue weighted by Gasteiger charge is 2.26. The number of urea groups is 1. The molecule has 2 aromatic rings. The van der Waals surface area contributed by atoms with E-state index in [4.69, 9.17) is 11.6 Å². The molecule has 1 atom stereocenters. The number of aryl methyl sites for hydroxylation is 1. The van der Waals surface area contributed by atoms with Gasteiger partial charge in [0.2, 0.25) is 0 Å². The SMILES string of the molecule is CS(=O)(=O)c1ccc(CCCN2CCC[C@@H](CN3CCN(C(=O)Nc4cccc(Cl)c4)CC3)C2)cc1. The average Bonchev–Trinajstić information content (AvgIpc) is 2.84. The number of piperidine rings is 1. The molecule has 1 N–H and O–H groups in total. The first kappa shape index (κ1) is 26.9. The number of nitrogens with one attached hydrogen (secondary N) is 1. The Bertz CT molecular complexity index is 1120. The summed E-state index contributed by atoms with van der Waals surface area (Å²) in [6.45, 7) is 7.73. The zero-order valence-electron chi connectivity index (χ0n) is 21.0. The van der Waals surface area contributed by atoms with Gasteiger partial charge in [0.25, 0.3) is 0 Å². The lowest BCUT2D eigenvalue weighted by Crippen LogP contribution is -2.52. The van der Waals surface area contributed by atoms with Crippen LogP contribution in [0.2, 0.25) is 5.02 Å². The summed E-state index contributed by atoms with van der Waals surface area (Å²) in [6.07, 6.45) is 5.78. The van der Waals surface area contributed by atoms with Crippen molar-refractivity contribution in [1.29, 1.82) is 0 Å². The van der Waals surface area contributed by atoms with Gasteiger partial charge in [-0.05, 0) is 80.6 Å². The third kappa shape index (κ3) is 7.93. The number of benzene rings is 2. The Morgan fingerprint density at radius 2 is 1.78 bits per heavy atom. The maximum absolute atomic E-state index is 12.6. The summed E-state index contributed by atoms with van der Waals surface area (Å²) in [5.74, 6) is 0.666. The van der Waals surface area contributed by atoms with Crippen molar-refractivity contribution in [3.63, 3.8) is 0 Å². The second-order valence-electron chi connectivity index (χ2n) is 10.1. The monoisotopic (exact) mass is 532 g/mol. The maximum Gasteiger partial charge on any atom is 0.321 e. The summed E-state index contributed by atoms with van der Waals surface area (Å²) in [4.78, 5) is 19.9. The minimum atomic E-state index is -3.14. The Morgan fingerprint density at radius 3 is 2.47 bits per heavy atom. The molecule has 0 spiro atoms. The van der Waals surface area contributed by atoms with Gasteiger partial charge in [-0.15, -0.1) is 0 Å². The summed E-state index contributed by atoms with van der Waals surface area (Å²) in [5.41, 5.74) is 1.91. The Kier molecular flexibility index (Phi) is 9.28. The number of carbonyl (C=O) groups excluding carboxylic acids is 1. The van der Waals surface area contributed by atoms with Gasteiger partial charge in [0.05, 0.1) is 4.90 Å². The lowest BCUT2D eigenvalue weighted by atomic mass is 9.96. The third-order valence-corrected chi connectivity index (χ3v) is 8.51. The molecule has 2 aromatic carbocycles.